The van der Waals surface area contributed by atoms with Crippen LogP contribution >= 0.6 is 10.7 Å². The number of rotatable bonds is 8. The van der Waals surface area contributed by atoms with Gasteiger partial charge in [-0.3, -0.25) is 4.72 Å². The van der Waals surface area contributed by atoms with Crippen LogP contribution in [0.2, 0.25) is 0 Å². The first-order valence-corrected chi connectivity index (χ1v) is 18.0. The minimum Gasteiger partial charge on any atom is -0.393 e. The molecule has 0 radical (unpaired) electrons. The summed E-state index contributed by atoms with van der Waals surface area (Å²) in [6.45, 7) is 12.0. The van der Waals surface area contributed by atoms with E-state index in [1.807, 2.05) is 12.3 Å². The van der Waals surface area contributed by atoms with Gasteiger partial charge in [-0.15, -0.1) is 0 Å². The first kappa shape index (κ1) is 32.9. The Kier molecular flexibility index (Phi) is 10.00. The summed E-state index contributed by atoms with van der Waals surface area (Å²) >= 11 is 0. The first-order chi connectivity index (χ1) is 20.4. The van der Waals surface area contributed by atoms with E-state index in [1.54, 1.807) is 12.1 Å². The number of hydrogen-bond acceptors (Lipinski definition) is 3. The normalized spacial score (nSPS) is 40.3. The first-order valence-electron chi connectivity index (χ1n) is 16.8. The fourth-order valence-electron chi connectivity index (χ4n) is 10.7. The van der Waals surface area contributed by atoms with E-state index in [1.165, 1.54) is 37.8 Å². The summed E-state index contributed by atoms with van der Waals surface area (Å²) in [7, 11) is -0.664. The zero-order valence-electron chi connectivity index (χ0n) is 26.7. The van der Waals surface area contributed by atoms with Crippen molar-refractivity contribution in [1.29, 1.82) is 0 Å². The van der Waals surface area contributed by atoms with Crippen LogP contribution in [-0.4, -0.2) is 40.4 Å². The van der Waals surface area contributed by atoms with Gasteiger partial charge in [-0.1, -0.05) is 56.9 Å². The molecule has 12 atom stereocenters. The molecule has 0 spiro atoms. The molecular weight excluding hydrogens is 566 g/mol. The van der Waals surface area contributed by atoms with Crippen LogP contribution in [0.15, 0.2) is 29.2 Å². The van der Waals surface area contributed by atoms with E-state index in [0.717, 1.165) is 37.0 Å². The maximum Gasteiger partial charge on any atom is 0.324 e. The lowest BCUT2D eigenvalue weighted by atomic mass is 9.41. The van der Waals surface area contributed by atoms with Crippen molar-refractivity contribution in [3.8, 4) is 0 Å². The highest BCUT2D eigenvalue weighted by Gasteiger charge is 2.64. The lowest BCUT2D eigenvalue weighted by Gasteiger charge is -2.64. The molecule has 1 aromatic rings. The Morgan fingerprint density at radius 1 is 1.05 bits per heavy atom. The molecule has 0 aromatic heterocycles. The summed E-state index contributed by atoms with van der Waals surface area (Å²) in [6.07, 6.45) is 6.44. The summed E-state index contributed by atoms with van der Waals surface area (Å²) in [4.78, 5) is 13.6. The number of carbonyl (C=O) groups is 1. The van der Waals surface area contributed by atoms with Crippen LogP contribution in [0.4, 0.5) is 13.6 Å². The second-order valence-corrected chi connectivity index (χ2v) is 16.5. The molecule has 5 rings (SSSR count). The summed E-state index contributed by atoms with van der Waals surface area (Å²) in [6, 6.07) is 5.91. The quantitative estimate of drug-likeness (QED) is 0.223. The molecule has 43 heavy (non-hydrogen) atoms. The predicted octanol–water partition coefficient (Wildman–Crippen LogP) is 7.94. The molecule has 242 valence electrons. The monoisotopic (exact) mass is 620 g/mol. The van der Waals surface area contributed by atoms with Gasteiger partial charge >= 0.3 is 6.03 Å². The summed E-state index contributed by atoms with van der Waals surface area (Å²) in [5, 5.41) is 27.4. The Labute approximate surface area is 260 Å². The Morgan fingerprint density at radius 2 is 1.72 bits per heavy atom. The van der Waals surface area contributed by atoms with Crippen LogP contribution in [0.1, 0.15) is 104 Å². The van der Waals surface area contributed by atoms with E-state index in [-0.39, 0.29) is 40.6 Å². The van der Waals surface area contributed by atoms with Crippen LogP contribution in [0.25, 0.3) is 0 Å². The summed E-state index contributed by atoms with van der Waals surface area (Å²) in [5.41, 5.74) is 0.396. The van der Waals surface area contributed by atoms with Crippen molar-refractivity contribution >= 4 is 22.1 Å². The maximum absolute atomic E-state index is 12.9. The molecule has 0 heterocycles. The molecule has 1 unspecified atom stereocenters. The summed E-state index contributed by atoms with van der Waals surface area (Å²) in [5.74, 6) is 3.13. The topological polar surface area (TPSA) is 81.6 Å². The van der Waals surface area contributed by atoms with E-state index in [4.69, 9.17) is 0 Å². The van der Waals surface area contributed by atoms with Crippen molar-refractivity contribution < 1.29 is 23.8 Å². The van der Waals surface area contributed by atoms with E-state index in [2.05, 4.69) is 37.7 Å². The molecular formula is C35H54F2N2O3S. The second kappa shape index (κ2) is 13.1. The maximum atomic E-state index is 12.9. The van der Waals surface area contributed by atoms with Crippen LogP contribution < -0.4 is 10.0 Å². The number of urea groups is 1. The average Bonchev–Trinajstić information content (AvgIpc) is 3.34. The number of aliphatic hydroxyl groups excluding tert-OH is 2. The molecule has 0 aliphatic heterocycles. The van der Waals surface area contributed by atoms with Gasteiger partial charge < -0.3 is 15.5 Å². The van der Waals surface area contributed by atoms with E-state index >= 15 is 0 Å². The van der Waals surface area contributed by atoms with Crippen LogP contribution in [0, 0.1) is 52.3 Å². The van der Waals surface area contributed by atoms with Gasteiger partial charge in [0, 0.05) is 17.0 Å². The van der Waals surface area contributed by atoms with Gasteiger partial charge in [0.15, 0.2) is 0 Å². The number of benzene rings is 1. The SMILES string of the molecule is C/C=S(\NC(=O)NCC[C@@H](C)[C@H]1CC[C@H]2[C@@H]3[C@H](O)[C@H](CC)[C@@H]4C[C@H](O)CC[C@]4(C)[C@H]3CC[C@]12C)c1ccc(C(F)F)cc1. The van der Waals surface area contributed by atoms with Gasteiger partial charge in [-0.2, -0.15) is 0 Å². The minimum absolute atomic E-state index is 0.0198. The number of halogens is 2. The highest BCUT2D eigenvalue weighted by molar-refractivity contribution is 8.13. The van der Waals surface area contributed by atoms with Gasteiger partial charge in [0.1, 0.15) is 0 Å². The van der Waals surface area contributed by atoms with Gasteiger partial charge in [-0.25, -0.2) is 13.6 Å². The smallest absolute Gasteiger partial charge is 0.324 e. The summed E-state index contributed by atoms with van der Waals surface area (Å²) < 4.78 is 28.8. The van der Waals surface area contributed by atoms with Crippen molar-refractivity contribution in [2.24, 2.45) is 52.3 Å². The second-order valence-electron chi connectivity index (χ2n) is 14.7. The van der Waals surface area contributed by atoms with Crippen LogP contribution in [0.5, 0.6) is 0 Å². The van der Waals surface area contributed by atoms with E-state index in [0.29, 0.717) is 42.1 Å². The molecule has 0 bridgehead atoms. The number of hydrogen-bond donors (Lipinski definition) is 4. The molecule has 4 fully saturated rings. The van der Waals surface area contributed by atoms with Crippen LogP contribution in [-0.2, 0) is 0 Å². The van der Waals surface area contributed by atoms with Crippen molar-refractivity contribution in [1.82, 2.24) is 10.0 Å². The zero-order chi connectivity index (χ0) is 31.1. The fraction of sp³-hybridized carbons (Fsp3) is 0.771. The Bertz CT molecular complexity index is 1160. The standard InChI is InChI=1S/C35H54F2N2O3S/c1-6-25-29-20-23(40)14-17-35(29,5)28-15-18-34(4)26(12-13-27(34)30(28)31(25)41)21(3)16-19-38-33(42)39-43(7-2)24-10-8-22(9-11-24)32(36)37/h7-11,21,23,25-32,40-41H,6,12-20H2,1-5H3,(H2,38,39,42)/t21-,23-,25-,26-,27+,28+,29+,30+,31-,34-,35-,43?/m1/s1. The third-order valence-electron chi connectivity index (χ3n) is 12.9. The molecule has 2 amide bonds. The predicted molar refractivity (Wildman–Crippen MR) is 171 cm³/mol. The molecule has 4 aliphatic carbocycles. The average molecular weight is 621 g/mol. The van der Waals surface area contributed by atoms with Gasteiger partial charge in [-0.05, 0) is 128 Å². The van der Waals surface area contributed by atoms with E-state index in [9.17, 15) is 23.8 Å². The number of nitrogens with one attached hydrogen (secondary N) is 2. The van der Waals surface area contributed by atoms with Crippen molar-refractivity contribution in [2.45, 2.75) is 116 Å². The number of fused-ring (bicyclic) bond motifs is 5. The molecule has 5 nitrogen and oxygen atoms in total. The Hall–Kier alpha value is -1.51. The number of alkyl halides is 2. The van der Waals surface area contributed by atoms with Crippen molar-refractivity contribution in [2.75, 3.05) is 6.54 Å². The Balaban J connectivity index is 1.19. The van der Waals surface area contributed by atoms with Crippen molar-refractivity contribution in [3.63, 3.8) is 0 Å². The van der Waals surface area contributed by atoms with Crippen molar-refractivity contribution in [3.05, 3.63) is 29.8 Å². The zero-order valence-corrected chi connectivity index (χ0v) is 27.5. The molecule has 8 heteroatoms. The van der Waals surface area contributed by atoms with Gasteiger partial charge in [0.05, 0.1) is 12.2 Å². The van der Waals surface area contributed by atoms with Crippen LogP contribution in [0.3, 0.4) is 0 Å². The molecule has 1 aromatic carbocycles. The number of aliphatic hydroxyl groups is 2. The minimum atomic E-state index is -2.50. The molecule has 4 N–H and O–H groups in total. The molecule has 4 aliphatic rings. The number of amides is 2. The Morgan fingerprint density at radius 3 is 2.37 bits per heavy atom. The molecule has 4 saturated carbocycles. The molecule has 0 saturated heterocycles. The largest absolute Gasteiger partial charge is 0.393 e. The number of carbonyl (C=O) groups excluding carboxylic acids is 1. The van der Waals surface area contributed by atoms with Gasteiger partial charge in [0.25, 0.3) is 6.43 Å². The lowest BCUT2D eigenvalue weighted by Crippen LogP contribution is -2.62. The highest BCUT2D eigenvalue weighted by Crippen LogP contribution is 2.69. The van der Waals surface area contributed by atoms with Gasteiger partial charge in [0.2, 0.25) is 0 Å². The highest BCUT2D eigenvalue weighted by atomic mass is 32.2. The fourth-order valence-corrected chi connectivity index (χ4v) is 11.9. The third-order valence-corrected chi connectivity index (χ3v) is 14.5. The third kappa shape index (κ3) is 6.06. The lowest BCUT2D eigenvalue weighted by molar-refractivity contribution is -0.203. The van der Waals surface area contributed by atoms with E-state index < -0.39 is 17.1 Å².